The Morgan fingerprint density at radius 3 is 2.78 bits per heavy atom. The molecule has 0 saturated heterocycles. The summed E-state index contributed by atoms with van der Waals surface area (Å²) in [5, 5.41) is 9.14. The molecule has 5 heteroatoms. The quantitative estimate of drug-likeness (QED) is 0.845. The lowest BCUT2D eigenvalue weighted by molar-refractivity contribution is 0.171. The molecular formula is C13H14N2O3. The minimum absolute atomic E-state index is 0.0626. The van der Waals surface area contributed by atoms with E-state index in [1.54, 1.807) is 0 Å². The summed E-state index contributed by atoms with van der Waals surface area (Å²) in [5.74, 6) is 2.22. The van der Waals surface area contributed by atoms with E-state index in [2.05, 4.69) is 9.97 Å². The highest BCUT2D eigenvalue weighted by molar-refractivity contribution is 5.62. The van der Waals surface area contributed by atoms with Crippen molar-refractivity contribution in [3.05, 3.63) is 29.6 Å². The van der Waals surface area contributed by atoms with E-state index in [1.165, 1.54) is 0 Å². The van der Waals surface area contributed by atoms with Gasteiger partial charge in [0.1, 0.15) is 19.0 Å². The van der Waals surface area contributed by atoms with Gasteiger partial charge in [-0.15, -0.1) is 0 Å². The lowest BCUT2D eigenvalue weighted by Gasteiger charge is -2.18. The molecule has 5 nitrogen and oxygen atoms in total. The zero-order valence-electron chi connectivity index (χ0n) is 10.1. The van der Waals surface area contributed by atoms with Crippen molar-refractivity contribution in [1.82, 2.24) is 9.97 Å². The molecule has 0 bridgehead atoms. The Kier molecular flexibility index (Phi) is 2.68. The van der Waals surface area contributed by atoms with E-state index in [0.717, 1.165) is 28.6 Å². The van der Waals surface area contributed by atoms with Gasteiger partial charge in [0.25, 0.3) is 0 Å². The topological polar surface area (TPSA) is 67.4 Å². The number of hydrogen-bond donors (Lipinski definition) is 2. The van der Waals surface area contributed by atoms with Crippen LogP contribution in [-0.2, 0) is 6.61 Å². The molecule has 0 saturated carbocycles. The summed E-state index contributed by atoms with van der Waals surface area (Å²) in [5.41, 5.74) is 2.46. The van der Waals surface area contributed by atoms with Crippen LogP contribution in [0.25, 0.3) is 11.4 Å². The smallest absolute Gasteiger partial charge is 0.162 e. The van der Waals surface area contributed by atoms with Crippen molar-refractivity contribution in [2.45, 2.75) is 13.5 Å². The van der Waals surface area contributed by atoms with Gasteiger partial charge in [-0.1, -0.05) is 0 Å². The second kappa shape index (κ2) is 4.34. The van der Waals surface area contributed by atoms with Crippen molar-refractivity contribution in [3.63, 3.8) is 0 Å². The first kappa shape index (κ1) is 11.1. The summed E-state index contributed by atoms with van der Waals surface area (Å²) in [6.07, 6.45) is 0. The first-order valence-corrected chi connectivity index (χ1v) is 5.84. The highest BCUT2D eigenvalue weighted by Crippen LogP contribution is 2.33. The summed E-state index contributed by atoms with van der Waals surface area (Å²) < 4.78 is 11.0. The number of H-pyrrole nitrogens is 1. The first-order chi connectivity index (χ1) is 8.78. The summed E-state index contributed by atoms with van der Waals surface area (Å²) in [4.78, 5) is 7.50. The Labute approximate surface area is 104 Å². The molecule has 2 heterocycles. The molecule has 0 radical (unpaired) electrons. The third-order valence-corrected chi connectivity index (χ3v) is 2.95. The summed E-state index contributed by atoms with van der Waals surface area (Å²) in [6, 6.07) is 5.70. The number of benzene rings is 1. The van der Waals surface area contributed by atoms with Gasteiger partial charge in [-0.05, 0) is 25.1 Å². The van der Waals surface area contributed by atoms with Gasteiger partial charge in [-0.2, -0.15) is 0 Å². The molecule has 0 aliphatic carbocycles. The zero-order valence-corrected chi connectivity index (χ0v) is 10.1. The van der Waals surface area contributed by atoms with Gasteiger partial charge in [0.15, 0.2) is 11.5 Å². The Morgan fingerprint density at radius 2 is 2.06 bits per heavy atom. The van der Waals surface area contributed by atoms with E-state index in [-0.39, 0.29) is 6.61 Å². The lowest BCUT2D eigenvalue weighted by atomic mass is 10.2. The van der Waals surface area contributed by atoms with Gasteiger partial charge in [0.05, 0.1) is 12.3 Å². The number of rotatable bonds is 2. The predicted molar refractivity (Wildman–Crippen MR) is 65.7 cm³/mol. The molecule has 0 spiro atoms. The van der Waals surface area contributed by atoms with Crippen molar-refractivity contribution in [2.24, 2.45) is 0 Å². The third kappa shape index (κ3) is 1.82. The van der Waals surface area contributed by atoms with Crippen LogP contribution in [0, 0.1) is 6.92 Å². The SMILES string of the molecule is Cc1[nH]c(-c2ccc3c(c2)OCCO3)nc1CO. The highest BCUT2D eigenvalue weighted by Gasteiger charge is 2.14. The number of aromatic amines is 1. The van der Waals surface area contributed by atoms with E-state index in [4.69, 9.17) is 14.6 Å². The Bertz CT molecular complexity index is 578. The molecule has 1 aromatic heterocycles. The normalized spacial score (nSPS) is 13.7. The number of aliphatic hydroxyl groups is 1. The van der Waals surface area contributed by atoms with Crippen LogP contribution in [0.2, 0.25) is 0 Å². The van der Waals surface area contributed by atoms with Crippen LogP contribution in [0.5, 0.6) is 11.5 Å². The average Bonchev–Trinajstić information content (AvgIpc) is 2.79. The number of imidazole rings is 1. The second-order valence-corrected chi connectivity index (χ2v) is 4.17. The van der Waals surface area contributed by atoms with Gasteiger partial charge in [0.2, 0.25) is 0 Å². The summed E-state index contributed by atoms with van der Waals surface area (Å²) >= 11 is 0. The number of aryl methyl sites for hydroxylation is 1. The van der Waals surface area contributed by atoms with Crippen molar-refractivity contribution in [1.29, 1.82) is 0 Å². The minimum Gasteiger partial charge on any atom is -0.486 e. The molecule has 0 atom stereocenters. The third-order valence-electron chi connectivity index (χ3n) is 2.95. The Morgan fingerprint density at radius 1 is 1.28 bits per heavy atom. The van der Waals surface area contributed by atoms with Crippen LogP contribution >= 0.6 is 0 Å². The molecule has 94 valence electrons. The fourth-order valence-electron chi connectivity index (χ4n) is 1.98. The number of aliphatic hydroxyl groups excluding tert-OH is 1. The number of hydrogen-bond acceptors (Lipinski definition) is 4. The monoisotopic (exact) mass is 246 g/mol. The van der Waals surface area contributed by atoms with E-state index in [0.29, 0.717) is 18.9 Å². The molecular weight excluding hydrogens is 232 g/mol. The van der Waals surface area contributed by atoms with Crippen molar-refractivity contribution in [3.8, 4) is 22.9 Å². The van der Waals surface area contributed by atoms with E-state index < -0.39 is 0 Å². The molecule has 1 aliphatic heterocycles. The number of ether oxygens (including phenoxy) is 2. The van der Waals surface area contributed by atoms with Crippen molar-refractivity contribution < 1.29 is 14.6 Å². The standard InChI is InChI=1S/C13H14N2O3/c1-8-10(7-16)15-13(14-8)9-2-3-11-12(6-9)18-5-4-17-11/h2-3,6,16H,4-5,7H2,1H3,(H,14,15). The molecule has 3 rings (SSSR count). The van der Waals surface area contributed by atoms with Gasteiger partial charge in [-0.25, -0.2) is 4.98 Å². The molecule has 0 unspecified atom stereocenters. The van der Waals surface area contributed by atoms with E-state index in [9.17, 15) is 0 Å². The average molecular weight is 246 g/mol. The predicted octanol–water partition coefficient (Wildman–Crippen LogP) is 1.65. The van der Waals surface area contributed by atoms with E-state index in [1.807, 2.05) is 25.1 Å². The zero-order chi connectivity index (χ0) is 12.5. The fourth-order valence-corrected chi connectivity index (χ4v) is 1.98. The van der Waals surface area contributed by atoms with Crippen LogP contribution in [0.4, 0.5) is 0 Å². The van der Waals surface area contributed by atoms with Crippen molar-refractivity contribution >= 4 is 0 Å². The molecule has 1 aromatic carbocycles. The highest BCUT2D eigenvalue weighted by atomic mass is 16.6. The van der Waals surface area contributed by atoms with Crippen LogP contribution in [0.15, 0.2) is 18.2 Å². The Balaban J connectivity index is 2.00. The first-order valence-electron chi connectivity index (χ1n) is 5.84. The number of aromatic nitrogens is 2. The molecule has 1 aliphatic rings. The molecule has 2 aromatic rings. The van der Waals surface area contributed by atoms with Gasteiger partial charge >= 0.3 is 0 Å². The van der Waals surface area contributed by atoms with E-state index >= 15 is 0 Å². The maximum Gasteiger partial charge on any atom is 0.162 e. The molecule has 2 N–H and O–H groups in total. The lowest BCUT2D eigenvalue weighted by Crippen LogP contribution is -2.15. The molecule has 0 fully saturated rings. The van der Waals surface area contributed by atoms with Crippen LogP contribution in [-0.4, -0.2) is 28.3 Å². The fraction of sp³-hybridized carbons (Fsp3) is 0.308. The number of fused-ring (bicyclic) bond motifs is 1. The van der Waals surface area contributed by atoms with Crippen molar-refractivity contribution in [2.75, 3.05) is 13.2 Å². The molecule has 18 heavy (non-hydrogen) atoms. The second-order valence-electron chi connectivity index (χ2n) is 4.17. The number of nitrogens with one attached hydrogen (secondary N) is 1. The molecule has 0 amide bonds. The van der Waals surface area contributed by atoms with Crippen LogP contribution in [0.3, 0.4) is 0 Å². The van der Waals surface area contributed by atoms with Gasteiger partial charge < -0.3 is 19.6 Å². The Hall–Kier alpha value is -2.01. The van der Waals surface area contributed by atoms with Crippen LogP contribution in [0.1, 0.15) is 11.4 Å². The van der Waals surface area contributed by atoms with Gasteiger partial charge in [-0.3, -0.25) is 0 Å². The minimum atomic E-state index is -0.0626. The summed E-state index contributed by atoms with van der Waals surface area (Å²) in [7, 11) is 0. The maximum absolute atomic E-state index is 9.14. The number of nitrogens with zero attached hydrogens (tertiary/aromatic N) is 1. The van der Waals surface area contributed by atoms with Gasteiger partial charge in [0, 0.05) is 11.3 Å². The summed E-state index contributed by atoms with van der Waals surface area (Å²) in [6.45, 7) is 2.98. The van der Waals surface area contributed by atoms with Crippen LogP contribution < -0.4 is 9.47 Å². The maximum atomic E-state index is 9.14. The largest absolute Gasteiger partial charge is 0.486 e.